The van der Waals surface area contributed by atoms with E-state index in [4.69, 9.17) is 9.47 Å². The van der Waals surface area contributed by atoms with Gasteiger partial charge in [0.25, 0.3) is 0 Å². The van der Waals surface area contributed by atoms with Crippen molar-refractivity contribution in [2.75, 3.05) is 13.2 Å². The Bertz CT molecular complexity index is 577. The summed E-state index contributed by atoms with van der Waals surface area (Å²) in [5.41, 5.74) is 0. The van der Waals surface area contributed by atoms with Crippen LogP contribution in [-0.2, 0) is 19.1 Å². The van der Waals surface area contributed by atoms with E-state index in [9.17, 15) is 14.7 Å². The average Bonchev–Trinajstić information content (AvgIpc) is 2.97. The number of aliphatic hydroxyl groups is 1. The molecule has 42 heavy (non-hydrogen) atoms. The summed E-state index contributed by atoms with van der Waals surface area (Å²) in [4.78, 5) is 23.8. The van der Waals surface area contributed by atoms with E-state index in [1.54, 1.807) is 0 Å². The van der Waals surface area contributed by atoms with Gasteiger partial charge in [0.1, 0.15) is 19.3 Å². The van der Waals surface area contributed by atoms with Gasteiger partial charge < -0.3 is 14.6 Å². The molecule has 0 spiro atoms. The first-order valence-corrected chi connectivity index (χ1v) is 18.4. The molecule has 0 fully saturated rings. The van der Waals surface area contributed by atoms with Crippen molar-refractivity contribution in [2.45, 2.75) is 207 Å². The third kappa shape index (κ3) is 33.4. The molecular formula is C37H72O5. The minimum absolute atomic E-state index is 0.109. The van der Waals surface area contributed by atoms with Crippen LogP contribution in [0.2, 0.25) is 0 Å². The molecule has 0 rings (SSSR count). The molecule has 0 aromatic carbocycles. The van der Waals surface area contributed by atoms with E-state index >= 15 is 0 Å². The molecule has 0 aliphatic rings. The van der Waals surface area contributed by atoms with Gasteiger partial charge in [-0.2, -0.15) is 0 Å². The van der Waals surface area contributed by atoms with Gasteiger partial charge in [0, 0.05) is 12.8 Å². The zero-order chi connectivity index (χ0) is 30.9. The Labute approximate surface area is 261 Å². The second-order valence-corrected chi connectivity index (χ2v) is 13.2. The largest absolute Gasteiger partial charge is 0.463 e. The van der Waals surface area contributed by atoms with Crippen LogP contribution < -0.4 is 0 Å². The Hall–Kier alpha value is -1.10. The predicted molar refractivity (Wildman–Crippen MR) is 178 cm³/mol. The van der Waals surface area contributed by atoms with Gasteiger partial charge in [-0.25, -0.2) is 0 Å². The quantitative estimate of drug-likeness (QED) is 0.0602. The van der Waals surface area contributed by atoms with E-state index in [0.717, 1.165) is 38.0 Å². The summed E-state index contributed by atoms with van der Waals surface area (Å²) in [6.45, 7) is 6.62. The van der Waals surface area contributed by atoms with Gasteiger partial charge >= 0.3 is 11.9 Å². The number of ether oxygens (including phenoxy) is 2. The molecule has 0 amide bonds. The Morgan fingerprint density at radius 3 is 1.07 bits per heavy atom. The van der Waals surface area contributed by atoms with E-state index in [1.165, 1.54) is 135 Å². The lowest BCUT2D eigenvalue weighted by atomic mass is 10.0. The highest BCUT2D eigenvalue weighted by molar-refractivity contribution is 5.69. The summed E-state index contributed by atoms with van der Waals surface area (Å²) in [6.07, 6.45) is 33.0. The zero-order valence-electron chi connectivity index (χ0n) is 28.4. The molecule has 0 radical (unpaired) electrons. The van der Waals surface area contributed by atoms with Crippen molar-refractivity contribution in [1.82, 2.24) is 0 Å². The molecule has 0 unspecified atom stereocenters. The maximum absolute atomic E-state index is 11.9. The minimum atomic E-state index is -0.954. The predicted octanol–water partition coefficient (Wildman–Crippen LogP) is 11.0. The third-order valence-electron chi connectivity index (χ3n) is 8.27. The highest BCUT2D eigenvalue weighted by atomic mass is 16.6. The monoisotopic (exact) mass is 597 g/mol. The van der Waals surface area contributed by atoms with E-state index < -0.39 is 6.10 Å². The Balaban J connectivity index is 3.38. The van der Waals surface area contributed by atoms with Crippen LogP contribution in [0, 0.1) is 5.92 Å². The average molecular weight is 597 g/mol. The molecule has 250 valence electrons. The summed E-state index contributed by atoms with van der Waals surface area (Å²) in [5, 5.41) is 9.97. The zero-order valence-corrected chi connectivity index (χ0v) is 28.4. The first-order chi connectivity index (χ1) is 20.5. The van der Waals surface area contributed by atoms with Crippen molar-refractivity contribution in [3.05, 3.63) is 0 Å². The maximum Gasteiger partial charge on any atom is 0.305 e. The summed E-state index contributed by atoms with van der Waals surface area (Å²) in [5.74, 6) is 0.253. The lowest BCUT2D eigenvalue weighted by Gasteiger charge is -2.12. The molecular weight excluding hydrogens is 524 g/mol. The Kier molecular flexibility index (Phi) is 31.9. The number of rotatable bonds is 33. The lowest BCUT2D eigenvalue weighted by Crippen LogP contribution is -2.25. The normalized spacial score (nSPS) is 12.1. The maximum atomic E-state index is 11.9. The summed E-state index contributed by atoms with van der Waals surface area (Å²) in [7, 11) is 0. The van der Waals surface area contributed by atoms with Crippen molar-refractivity contribution in [1.29, 1.82) is 0 Å². The van der Waals surface area contributed by atoms with Gasteiger partial charge in [0.2, 0.25) is 0 Å². The number of hydrogen-bond acceptors (Lipinski definition) is 5. The van der Waals surface area contributed by atoms with Crippen LogP contribution in [0.15, 0.2) is 0 Å². The fraction of sp³-hybridized carbons (Fsp3) is 0.946. The van der Waals surface area contributed by atoms with E-state index in [-0.39, 0.29) is 25.2 Å². The van der Waals surface area contributed by atoms with E-state index in [1.807, 2.05) is 0 Å². The number of aliphatic hydroxyl groups excluding tert-OH is 1. The molecule has 0 aliphatic carbocycles. The van der Waals surface area contributed by atoms with Crippen molar-refractivity contribution in [3.63, 3.8) is 0 Å². The van der Waals surface area contributed by atoms with Crippen LogP contribution in [0.5, 0.6) is 0 Å². The van der Waals surface area contributed by atoms with Crippen LogP contribution in [0.4, 0.5) is 0 Å². The molecule has 0 aromatic heterocycles. The van der Waals surface area contributed by atoms with Crippen molar-refractivity contribution in [3.8, 4) is 0 Å². The van der Waals surface area contributed by atoms with Crippen LogP contribution in [0.1, 0.15) is 201 Å². The van der Waals surface area contributed by atoms with E-state index in [2.05, 4.69) is 20.8 Å². The fourth-order valence-corrected chi connectivity index (χ4v) is 5.45. The summed E-state index contributed by atoms with van der Waals surface area (Å²) >= 11 is 0. The van der Waals surface area contributed by atoms with E-state index in [0.29, 0.717) is 12.8 Å². The molecule has 0 heterocycles. The standard InChI is InChI=1S/C37H72O5/c1-4-5-6-7-8-9-10-11-12-13-14-15-16-17-21-24-27-30-36(39)41-32-35(38)33-42-37(40)31-28-25-22-19-18-20-23-26-29-34(2)3/h34-35,38H,4-33H2,1-3H3/t35-/m1/s1. The van der Waals surface area contributed by atoms with Crippen LogP contribution in [0.3, 0.4) is 0 Å². The van der Waals surface area contributed by atoms with Gasteiger partial charge in [-0.15, -0.1) is 0 Å². The summed E-state index contributed by atoms with van der Waals surface area (Å²) in [6, 6.07) is 0. The van der Waals surface area contributed by atoms with Gasteiger partial charge in [0.05, 0.1) is 0 Å². The SMILES string of the molecule is CCCCCCCCCCCCCCCCCCCC(=O)OC[C@@H](O)COC(=O)CCCCCCCCCCC(C)C. The third-order valence-corrected chi connectivity index (χ3v) is 8.27. The molecule has 1 atom stereocenters. The number of carbonyl (C=O) groups excluding carboxylic acids is 2. The van der Waals surface area contributed by atoms with Crippen molar-refractivity contribution < 1.29 is 24.2 Å². The lowest BCUT2D eigenvalue weighted by molar-refractivity contribution is -0.152. The van der Waals surface area contributed by atoms with Crippen molar-refractivity contribution >= 4 is 11.9 Å². The van der Waals surface area contributed by atoms with Gasteiger partial charge in [-0.3, -0.25) is 9.59 Å². The van der Waals surface area contributed by atoms with Crippen LogP contribution in [0.25, 0.3) is 0 Å². The molecule has 0 aromatic rings. The Morgan fingerprint density at radius 2 is 0.762 bits per heavy atom. The highest BCUT2D eigenvalue weighted by Crippen LogP contribution is 2.15. The highest BCUT2D eigenvalue weighted by Gasteiger charge is 2.12. The topological polar surface area (TPSA) is 72.8 Å². The van der Waals surface area contributed by atoms with Gasteiger partial charge in [-0.05, 0) is 18.8 Å². The molecule has 1 N–H and O–H groups in total. The van der Waals surface area contributed by atoms with Crippen molar-refractivity contribution in [2.24, 2.45) is 5.92 Å². The second-order valence-electron chi connectivity index (χ2n) is 13.2. The number of hydrogen-bond donors (Lipinski definition) is 1. The van der Waals surface area contributed by atoms with Gasteiger partial charge in [-0.1, -0.05) is 175 Å². The number of unbranched alkanes of at least 4 members (excludes halogenated alkanes) is 23. The molecule has 0 saturated heterocycles. The first-order valence-electron chi connectivity index (χ1n) is 18.4. The second kappa shape index (κ2) is 32.8. The number of esters is 2. The molecule has 0 aliphatic heterocycles. The molecule has 0 saturated carbocycles. The molecule has 5 heteroatoms. The van der Waals surface area contributed by atoms with Crippen LogP contribution >= 0.6 is 0 Å². The fourth-order valence-electron chi connectivity index (χ4n) is 5.45. The smallest absolute Gasteiger partial charge is 0.305 e. The molecule has 5 nitrogen and oxygen atoms in total. The van der Waals surface area contributed by atoms with Crippen LogP contribution in [-0.4, -0.2) is 36.4 Å². The summed E-state index contributed by atoms with van der Waals surface area (Å²) < 4.78 is 10.3. The Morgan fingerprint density at radius 1 is 0.476 bits per heavy atom. The van der Waals surface area contributed by atoms with Gasteiger partial charge in [0.15, 0.2) is 0 Å². The number of carbonyl (C=O) groups is 2. The first kappa shape index (κ1) is 40.9. The molecule has 0 bridgehead atoms. The minimum Gasteiger partial charge on any atom is -0.463 e.